The standard InChI is InChI=1S/C22H20Cl2F3N3O2S/c1-12-5-13(3-4-18(12)20(31)28-17-10-33(32)11-17)19-9-21(22(25,26)27,30(2)29-19)14-6-15(23)8-16(24)7-14/h3-8,17H,9-11H2,1-2H3,(H,28,31). The van der Waals surface area contributed by atoms with Crippen molar-refractivity contribution < 1.29 is 22.5 Å². The third-order valence-electron chi connectivity index (χ3n) is 5.97. The van der Waals surface area contributed by atoms with E-state index in [-0.39, 0.29) is 33.3 Å². The molecule has 2 aromatic carbocycles. The first-order valence-corrected chi connectivity index (χ1v) is 12.3. The molecule has 4 rings (SSSR count). The minimum Gasteiger partial charge on any atom is -0.616 e. The highest BCUT2D eigenvalue weighted by Gasteiger charge is 2.62. The van der Waals surface area contributed by atoms with Gasteiger partial charge in [-0.05, 0) is 65.1 Å². The van der Waals surface area contributed by atoms with Gasteiger partial charge in [0.05, 0.1) is 5.71 Å². The minimum absolute atomic E-state index is 0.0978. The van der Waals surface area contributed by atoms with E-state index in [4.69, 9.17) is 23.2 Å². The Hall–Kier alpha value is -1.94. The predicted molar refractivity (Wildman–Crippen MR) is 123 cm³/mol. The molecule has 0 radical (unpaired) electrons. The van der Waals surface area contributed by atoms with Crippen LogP contribution in [0.25, 0.3) is 0 Å². The van der Waals surface area contributed by atoms with Crippen molar-refractivity contribution in [3.63, 3.8) is 0 Å². The summed E-state index contributed by atoms with van der Waals surface area (Å²) < 4.78 is 54.6. The average Bonchev–Trinajstić information content (AvgIpc) is 3.04. The first kappa shape index (κ1) is 24.2. The van der Waals surface area contributed by atoms with Gasteiger partial charge in [0.2, 0.25) is 0 Å². The van der Waals surface area contributed by atoms with Gasteiger partial charge < -0.3 is 9.87 Å². The molecule has 2 aliphatic rings. The molecule has 0 bridgehead atoms. The van der Waals surface area contributed by atoms with Crippen LogP contribution in [-0.2, 0) is 16.7 Å². The van der Waals surface area contributed by atoms with Crippen molar-refractivity contribution in [3.8, 4) is 0 Å². The number of halogens is 5. The number of carbonyl (C=O) groups is 1. The van der Waals surface area contributed by atoms with Crippen molar-refractivity contribution in [3.05, 3.63) is 68.7 Å². The van der Waals surface area contributed by atoms with E-state index >= 15 is 0 Å². The molecular weight excluding hydrogens is 498 g/mol. The zero-order valence-electron chi connectivity index (χ0n) is 17.7. The summed E-state index contributed by atoms with van der Waals surface area (Å²) in [5.41, 5.74) is -0.798. The number of benzene rings is 2. The van der Waals surface area contributed by atoms with Crippen LogP contribution in [0.1, 0.15) is 33.5 Å². The lowest BCUT2D eigenvalue weighted by atomic mass is 9.83. The number of hydrogen-bond acceptors (Lipinski definition) is 4. The molecule has 33 heavy (non-hydrogen) atoms. The number of nitrogens with zero attached hydrogens (tertiary/aromatic N) is 2. The van der Waals surface area contributed by atoms with Crippen molar-refractivity contribution in [1.29, 1.82) is 0 Å². The van der Waals surface area contributed by atoms with Crippen molar-refractivity contribution in [2.45, 2.75) is 31.1 Å². The van der Waals surface area contributed by atoms with Crippen molar-refractivity contribution in [2.75, 3.05) is 18.6 Å². The molecule has 0 aromatic heterocycles. The van der Waals surface area contributed by atoms with E-state index in [2.05, 4.69) is 10.4 Å². The van der Waals surface area contributed by atoms with Crippen LogP contribution in [0.2, 0.25) is 10.0 Å². The molecule has 1 N–H and O–H groups in total. The van der Waals surface area contributed by atoms with E-state index in [1.54, 1.807) is 25.1 Å². The van der Waals surface area contributed by atoms with Gasteiger partial charge in [0.25, 0.3) is 5.91 Å². The van der Waals surface area contributed by atoms with E-state index in [1.807, 2.05) is 0 Å². The molecule has 2 aliphatic heterocycles. The number of rotatable bonds is 4. The first-order chi connectivity index (χ1) is 15.4. The second-order valence-corrected chi connectivity index (χ2v) is 10.7. The maximum Gasteiger partial charge on any atom is 0.417 e. The molecule has 1 amide bonds. The number of nitrogens with one attached hydrogen (secondary N) is 1. The number of alkyl halides is 3. The Labute approximate surface area is 202 Å². The number of amides is 1. The summed E-state index contributed by atoms with van der Waals surface area (Å²) in [5.74, 6) is 0.558. The highest BCUT2D eigenvalue weighted by Crippen LogP contribution is 2.50. The average molecular weight is 518 g/mol. The molecule has 11 heteroatoms. The number of aryl methyl sites for hydroxylation is 1. The Kier molecular flexibility index (Phi) is 6.37. The summed E-state index contributed by atoms with van der Waals surface area (Å²) in [7, 11) is 1.27. The Morgan fingerprint density at radius 2 is 1.85 bits per heavy atom. The second-order valence-electron chi connectivity index (χ2n) is 8.24. The molecule has 1 atom stereocenters. The highest BCUT2D eigenvalue weighted by atomic mass is 35.5. The van der Waals surface area contributed by atoms with Gasteiger partial charge in [0.1, 0.15) is 17.5 Å². The molecule has 0 saturated carbocycles. The summed E-state index contributed by atoms with van der Waals surface area (Å²) >= 11 is 11.1. The fraction of sp³-hybridized carbons (Fsp3) is 0.364. The summed E-state index contributed by atoms with van der Waals surface area (Å²) in [6.07, 6.45) is -5.11. The quantitative estimate of drug-likeness (QED) is 0.599. The molecule has 0 spiro atoms. The third-order valence-corrected chi connectivity index (χ3v) is 7.95. The van der Waals surface area contributed by atoms with Crippen LogP contribution in [0.3, 0.4) is 0 Å². The minimum atomic E-state index is -4.67. The lowest BCUT2D eigenvalue weighted by Gasteiger charge is -2.37. The van der Waals surface area contributed by atoms with Crippen LogP contribution in [0.5, 0.6) is 0 Å². The first-order valence-electron chi connectivity index (χ1n) is 10.0. The normalized spacial score (nSPS) is 25.0. The van der Waals surface area contributed by atoms with Crippen molar-refractivity contribution in [2.24, 2.45) is 5.10 Å². The number of hydrogen-bond donors (Lipinski definition) is 1. The predicted octanol–water partition coefficient (Wildman–Crippen LogP) is 4.66. The van der Waals surface area contributed by atoms with Gasteiger partial charge in [-0.3, -0.25) is 9.80 Å². The molecule has 176 valence electrons. The second kappa shape index (κ2) is 8.69. The van der Waals surface area contributed by atoms with Crippen LogP contribution in [0.15, 0.2) is 41.5 Å². The van der Waals surface area contributed by atoms with Crippen LogP contribution >= 0.6 is 23.2 Å². The lowest BCUT2D eigenvalue weighted by molar-refractivity contribution is -0.227. The van der Waals surface area contributed by atoms with Gasteiger partial charge in [-0.25, -0.2) is 0 Å². The van der Waals surface area contributed by atoms with Crippen LogP contribution in [0, 0.1) is 6.92 Å². The third kappa shape index (κ3) is 4.43. The molecule has 1 unspecified atom stereocenters. The summed E-state index contributed by atoms with van der Waals surface area (Å²) in [4.78, 5) is 12.5. The SMILES string of the molecule is Cc1cc(C2=NN(C)C(c3cc(Cl)cc(Cl)c3)(C(F)(F)F)C2)ccc1C(=O)NC1C[S+]([O-])C1. The zero-order chi connectivity index (χ0) is 24.1. The van der Waals surface area contributed by atoms with E-state index in [0.29, 0.717) is 28.2 Å². The molecule has 2 aromatic rings. The maximum absolute atomic E-state index is 14.5. The Morgan fingerprint density at radius 3 is 2.39 bits per heavy atom. The zero-order valence-corrected chi connectivity index (χ0v) is 20.0. The Balaban J connectivity index is 1.63. The Bertz CT molecular complexity index is 1120. The van der Waals surface area contributed by atoms with Crippen LogP contribution < -0.4 is 5.32 Å². The van der Waals surface area contributed by atoms with Gasteiger partial charge in [0, 0.05) is 29.1 Å². The summed E-state index contributed by atoms with van der Waals surface area (Å²) in [6.45, 7) is 1.71. The fourth-order valence-electron chi connectivity index (χ4n) is 4.19. The molecular formula is C22H20Cl2F3N3O2S. The molecule has 1 saturated heterocycles. The Morgan fingerprint density at radius 1 is 1.21 bits per heavy atom. The van der Waals surface area contributed by atoms with Gasteiger partial charge in [-0.1, -0.05) is 29.3 Å². The van der Waals surface area contributed by atoms with E-state index in [0.717, 1.165) is 5.01 Å². The van der Waals surface area contributed by atoms with E-state index in [9.17, 15) is 22.5 Å². The van der Waals surface area contributed by atoms with Gasteiger partial charge in [0.15, 0.2) is 5.54 Å². The fourth-order valence-corrected chi connectivity index (χ4v) is 5.68. The monoisotopic (exact) mass is 517 g/mol. The van der Waals surface area contributed by atoms with Crippen LogP contribution in [0.4, 0.5) is 13.2 Å². The number of hydrazone groups is 1. The molecule has 0 aliphatic carbocycles. The van der Waals surface area contributed by atoms with E-state index < -0.39 is 29.3 Å². The maximum atomic E-state index is 14.5. The number of carbonyl (C=O) groups excluding carboxylic acids is 1. The van der Waals surface area contributed by atoms with Gasteiger partial charge in [-0.2, -0.15) is 18.3 Å². The van der Waals surface area contributed by atoms with Gasteiger partial charge >= 0.3 is 6.18 Å². The summed E-state index contributed by atoms with van der Waals surface area (Å²) in [6, 6.07) is 8.57. The smallest absolute Gasteiger partial charge is 0.417 e. The summed E-state index contributed by atoms with van der Waals surface area (Å²) in [5, 5.41) is 8.14. The van der Waals surface area contributed by atoms with Crippen LogP contribution in [-0.4, -0.2) is 52.0 Å². The largest absolute Gasteiger partial charge is 0.616 e. The molecule has 5 nitrogen and oxygen atoms in total. The highest BCUT2D eigenvalue weighted by molar-refractivity contribution is 7.92. The van der Waals surface area contributed by atoms with Crippen molar-refractivity contribution >= 4 is 46.0 Å². The lowest BCUT2D eigenvalue weighted by Crippen LogP contribution is -2.53. The van der Waals surface area contributed by atoms with Crippen molar-refractivity contribution in [1.82, 2.24) is 10.3 Å². The van der Waals surface area contributed by atoms with E-state index in [1.165, 1.54) is 25.2 Å². The molecule has 2 heterocycles. The topological polar surface area (TPSA) is 67.8 Å². The van der Waals surface area contributed by atoms with Gasteiger partial charge in [-0.15, -0.1) is 0 Å². The molecule has 1 fully saturated rings.